The summed E-state index contributed by atoms with van der Waals surface area (Å²) in [6, 6.07) is 0.327. The molecule has 0 fully saturated rings. The van der Waals surface area contributed by atoms with Crippen molar-refractivity contribution >= 4 is 11.9 Å². The minimum absolute atomic E-state index is 0.00782. The lowest BCUT2D eigenvalue weighted by molar-refractivity contribution is -0.141. The van der Waals surface area contributed by atoms with Crippen molar-refractivity contribution in [2.45, 2.75) is 66.1 Å². The Morgan fingerprint density at radius 2 is 1.47 bits per heavy atom. The highest BCUT2D eigenvalue weighted by molar-refractivity contribution is 5.79. The van der Waals surface area contributed by atoms with Gasteiger partial charge in [0.1, 0.15) is 0 Å². The molecule has 0 bridgehead atoms. The first-order valence-electron chi connectivity index (χ1n) is 6.97. The van der Waals surface area contributed by atoms with Crippen molar-refractivity contribution in [2.24, 2.45) is 0 Å². The van der Waals surface area contributed by atoms with Crippen LogP contribution in [-0.2, 0) is 9.59 Å². The maximum atomic E-state index is 12.3. The molecule has 0 aromatic rings. The highest BCUT2D eigenvalue weighted by Gasteiger charge is 2.25. The predicted molar refractivity (Wildman–Crippen MR) is 76.1 cm³/mol. The van der Waals surface area contributed by atoms with Gasteiger partial charge in [-0.1, -0.05) is 6.92 Å². The van der Waals surface area contributed by atoms with E-state index in [2.05, 4.69) is 0 Å². The number of hydrogen-bond donors (Lipinski definition) is 1. The van der Waals surface area contributed by atoms with E-state index in [0.29, 0.717) is 0 Å². The van der Waals surface area contributed by atoms with Crippen LogP contribution in [0.15, 0.2) is 0 Å². The van der Waals surface area contributed by atoms with E-state index < -0.39 is 5.97 Å². The topological polar surface area (TPSA) is 60.9 Å². The number of rotatable bonds is 8. The molecular formula is C14H28N2O3. The Morgan fingerprint density at radius 3 is 1.79 bits per heavy atom. The Labute approximate surface area is 116 Å². The number of carbonyl (C=O) groups excluding carboxylic acids is 1. The molecular weight excluding hydrogens is 244 g/mol. The number of nitrogens with zero attached hydrogens (tertiary/aromatic N) is 2. The van der Waals surface area contributed by atoms with Gasteiger partial charge in [0.15, 0.2) is 0 Å². The van der Waals surface area contributed by atoms with Crippen LogP contribution in [0.4, 0.5) is 0 Å². The van der Waals surface area contributed by atoms with Gasteiger partial charge in [0.2, 0.25) is 5.91 Å². The summed E-state index contributed by atoms with van der Waals surface area (Å²) in [7, 11) is 0. The molecule has 112 valence electrons. The van der Waals surface area contributed by atoms with E-state index in [1.54, 1.807) is 9.80 Å². The molecule has 0 heterocycles. The number of carboxylic acids is 1. The molecule has 0 saturated carbocycles. The van der Waals surface area contributed by atoms with Gasteiger partial charge >= 0.3 is 5.97 Å². The lowest BCUT2D eigenvalue weighted by Crippen LogP contribution is -2.49. The Morgan fingerprint density at radius 1 is 1.00 bits per heavy atom. The van der Waals surface area contributed by atoms with Crippen LogP contribution in [0.25, 0.3) is 0 Å². The minimum atomic E-state index is -0.895. The lowest BCUT2D eigenvalue weighted by atomic mass is 10.2. The molecule has 0 radical (unpaired) electrons. The summed E-state index contributed by atoms with van der Waals surface area (Å²) in [5.41, 5.74) is 0. The van der Waals surface area contributed by atoms with Crippen LogP contribution in [0.5, 0.6) is 0 Å². The lowest BCUT2D eigenvalue weighted by Gasteiger charge is -2.34. The average Bonchev–Trinajstić information content (AvgIpc) is 2.25. The van der Waals surface area contributed by atoms with Crippen molar-refractivity contribution in [1.29, 1.82) is 0 Å². The van der Waals surface area contributed by atoms with Crippen molar-refractivity contribution in [1.82, 2.24) is 9.80 Å². The van der Waals surface area contributed by atoms with E-state index in [4.69, 9.17) is 5.11 Å². The third-order valence-electron chi connectivity index (χ3n) is 3.29. The van der Waals surface area contributed by atoms with Crippen molar-refractivity contribution in [3.63, 3.8) is 0 Å². The zero-order valence-corrected chi connectivity index (χ0v) is 13.0. The maximum absolute atomic E-state index is 12.3. The van der Waals surface area contributed by atoms with Crippen molar-refractivity contribution in [3.8, 4) is 0 Å². The summed E-state index contributed by atoms with van der Waals surface area (Å²) >= 11 is 0. The Hall–Kier alpha value is -1.10. The van der Waals surface area contributed by atoms with Gasteiger partial charge in [0.05, 0.1) is 13.1 Å². The molecule has 0 aliphatic heterocycles. The molecule has 0 aromatic carbocycles. The molecule has 1 N–H and O–H groups in total. The molecule has 0 saturated heterocycles. The van der Waals surface area contributed by atoms with Crippen LogP contribution in [0.1, 0.15) is 48.0 Å². The van der Waals surface area contributed by atoms with Gasteiger partial charge in [-0.05, 0) is 41.0 Å². The Kier molecular flexibility index (Phi) is 7.68. The molecule has 0 aliphatic rings. The van der Waals surface area contributed by atoms with Gasteiger partial charge in [-0.2, -0.15) is 0 Å². The highest BCUT2D eigenvalue weighted by Crippen LogP contribution is 2.09. The van der Waals surface area contributed by atoms with Crippen LogP contribution >= 0.6 is 0 Å². The second-order valence-electron chi connectivity index (χ2n) is 5.54. The maximum Gasteiger partial charge on any atom is 0.317 e. The third-order valence-corrected chi connectivity index (χ3v) is 3.29. The second-order valence-corrected chi connectivity index (χ2v) is 5.54. The minimum Gasteiger partial charge on any atom is -0.480 e. The molecule has 0 rings (SSSR count). The van der Waals surface area contributed by atoms with Gasteiger partial charge in [-0.25, -0.2) is 0 Å². The molecule has 0 aromatic heterocycles. The van der Waals surface area contributed by atoms with Crippen LogP contribution in [0, 0.1) is 0 Å². The first-order chi connectivity index (χ1) is 8.70. The Balaban J connectivity index is 4.82. The summed E-state index contributed by atoms with van der Waals surface area (Å²) in [5.74, 6) is -0.903. The smallest absolute Gasteiger partial charge is 0.317 e. The molecule has 5 nitrogen and oxygen atoms in total. The Bertz CT molecular complexity index is 295. The molecule has 1 unspecified atom stereocenters. The third kappa shape index (κ3) is 6.05. The van der Waals surface area contributed by atoms with Crippen LogP contribution in [0.3, 0.4) is 0 Å². The average molecular weight is 272 g/mol. The van der Waals surface area contributed by atoms with Gasteiger partial charge in [0, 0.05) is 18.1 Å². The normalized spacial score (nSPS) is 13.1. The van der Waals surface area contributed by atoms with E-state index in [-0.39, 0.29) is 37.1 Å². The van der Waals surface area contributed by atoms with E-state index in [9.17, 15) is 9.59 Å². The van der Waals surface area contributed by atoms with E-state index in [1.165, 1.54) is 0 Å². The predicted octanol–water partition coefficient (Wildman–Crippen LogP) is 1.82. The molecule has 5 heteroatoms. The summed E-state index contributed by atoms with van der Waals surface area (Å²) in [4.78, 5) is 26.7. The first-order valence-corrected chi connectivity index (χ1v) is 6.97. The first kappa shape index (κ1) is 17.9. The summed E-state index contributed by atoms with van der Waals surface area (Å²) in [6.07, 6.45) is 0.823. The quantitative estimate of drug-likeness (QED) is 0.732. The number of carbonyl (C=O) groups is 2. The van der Waals surface area contributed by atoms with Gasteiger partial charge in [0.25, 0.3) is 0 Å². The van der Waals surface area contributed by atoms with E-state index >= 15 is 0 Å². The van der Waals surface area contributed by atoms with Crippen molar-refractivity contribution in [2.75, 3.05) is 13.1 Å². The standard InChI is InChI=1S/C14H28N2O3/c1-7-12(6)15(9-14(18)19)8-13(17)16(10(2)3)11(4)5/h10-12H,7-9H2,1-6H3,(H,18,19). The molecule has 1 amide bonds. The van der Waals surface area contributed by atoms with E-state index in [1.807, 2.05) is 41.5 Å². The fourth-order valence-corrected chi connectivity index (χ4v) is 2.23. The van der Waals surface area contributed by atoms with Gasteiger partial charge < -0.3 is 10.0 Å². The number of aliphatic carboxylic acids is 1. The zero-order valence-electron chi connectivity index (χ0n) is 13.0. The number of carboxylic acid groups (broad SMARTS) is 1. The summed E-state index contributed by atoms with van der Waals surface area (Å²) < 4.78 is 0. The van der Waals surface area contributed by atoms with Gasteiger partial charge in [-0.3, -0.25) is 14.5 Å². The van der Waals surface area contributed by atoms with E-state index in [0.717, 1.165) is 6.42 Å². The van der Waals surface area contributed by atoms with Crippen LogP contribution in [-0.4, -0.2) is 58.0 Å². The molecule has 0 aliphatic carbocycles. The molecule has 19 heavy (non-hydrogen) atoms. The van der Waals surface area contributed by atoms with Crippen molar-refractivity contribution in [3.05, 3.63) is 0 Å². The monoisotopic (exact) mass is 272 g/mol. The van der Waals surface area contributed by atoms with Crippen LogP contribution in [0.2, 0.25) is 0 Å². The van der Waals surface area contributed by atoms with Crippen molar-refractivity contribution < 1.29 is 14.7 Å². The SMILES string of the molecule is CCC(C)N(CC(=O)O)CC(=O)N(C(C)C)C(C)C. The number of amides is 1. The second kappa shape index (κ2) is 8.15. The zero-order chi connectivity index (χ0) is 15.2. The largest absolute Gasteiger partial charge is 0.480 e. The molecule has 0 spiro atoms. The summed E-state index contributed by atoms with van der Waals surface area (Å²) in [5, 5.41) is 8.93. The number of hydrogen-bond acceptors (Lipinski definition) is 3. The van der Waals surface area contributed by atoms with Crippen LogP contribution < -0.4 is 0 Å². The molecule has 1 atom stereocenters. The summed E-state index contributed by atoms with van der Waals surface area (Å²) in [6.45, 7) is 11.9. The fraction of sp³-hybridized carbons (Fsp3) is 0.857. The highest BCUT2D eigenvalue weighted by atomic mass is 16.4. The fourth-order valence-electron chi connectivity index (χ4n) is 2.23. The van der Waals surface area contributed by atoms with Gasteiger partial charge in [-0.15, -0.1) is 0 Å².